The molecule has 0 radical (unpaired) electrons. The standard InChI is InChI=1S/C17H21N3O/c1-6-7-14(9-8-11(2)3)15-10-20-16(21)12(4)13(5)18-17(20)19-15/h6-10H,1-5H3,(H,18,19)/b7-6-,14-9+. The lowest BCUT2D eigenvalue weighted by Crippen LogP contribution is -2.17. The highest BCUT2D eigenvalue weighted by molar-refractivity contribution is 5.73. The van der Waals surface area contributed by atoms with E-state index in [9.17, 15) is 4.79 Å². The number of aromatic nitrogens is 3. The quantitative estimate of drug-likeness (QED) is 0.876. The fraction of sp³-hybridized carbons (Fsp3) is 0.294. The zero-order valence-electron chi connectivity index (χ0n) is 13.2. The van der Waals surface area contributed by atoms with Gasteiger partial charge in [0.2, 0.25) is 5.78 Å². The van der Waals surface area contributed by atoms with Crippen LogP contribution in [0.4, 0.5) is 0 Å². The lowest BCUT2D eigenvalue weighted by molar-refractivity contribution is 0.988. The van der Waals surface area contributed by atoms with E-state index in [4.69, 9.17) is 0 Å². The Morgan fingerprint density at radius 2 is 2.00 bits per heavy atom. The van der Waals surface area contributed by atoms with Crippen molar-refractivity contribution in [3.8, 4) is 0 Å². The predicted molar refractivity (Wildman–Crippen MR) is 87.5 cm³/mol. The molecule has 0 saturated heterocycles. The van der Waals surface area contributed by atoms with Gasteiger partial charge in [-0.1, -0.05) is 29.9 Å². The largest absolute Gasteiger partial charge is 0.329 e. The molecule has 0 aliphatic heterocycles. The molecule has 0 fully saturated rings. The van der Waals surface area contributed by atoms with E-state index in [1.807, 2.05) is 58.9 Å². The average molecular weight is 283 g/mol. The molecule has 4 nitrogen and oxygen atoms in total. The maximum Gasteiger partial charge on any atom is 0.262 e. The van der Waals surface area contributed by atoms with Crippen molar-refractivity contribution in [1.82, 2.24) is 14.4 Å². The third-order valence-electron chi connectivity index (χ3n) is 3.35. The Balaban J connectivity index is 2.66. The lowest BCUT2D eigenvalue weighted by atomic mass is 10.1. The molecule has 0 unspecified atom stereocenters. The van der Waals surface area contributed by atoms with Gasteiger partial charge in [-0.05, 0) is 34.6 Å². The Morgan fingerprint density at radius 1 is 1.29 bits per heavy atom. The molecule has 0 saturated carbocycles. The smallest absolute Gasteiger partial charge is 0.262 e. The minimum atomic E-state index is -0.0259. The number of rotatable bonds is 3. The van der Waals surface area contributed by atoms with E-state index in [1.165, 1.54) is 5.57 Å². The van der Waals surface area contributed by atoms with Crippen LogP contribution < -0.4 is 5.56 Å². The summed E-state index contributed by atoms with van der Waals surface area (Å²) in [6.07, 6.45) is 9.79. The van der Waals surface area contributed by atoms with Gasteiger partial charge in [0.05, 0.1) is 5.69 Å². The summed E-state index contributed by atoms with van der Waals surface area (Å²) < 4.78 is 1.57. The number of aromatic amines is 1. The summed E-state index contributed by atoms with van der Waals surface area (Å²) in [7, 11) is 0. The summed E-state index contributed by atoms with van der Waals surface area (Å²) in [5, 5.41) is 0. The molecule has 0 amide bonds. The molecule has 0 aromatic carbocycles. The zero-order chi connectivity index (χ0) is 15.6. The maximum atomic E-state index is 12.3. The number of nitrogens with one attached hydrogen (secondary N) is 1. The van der Waals surface area contributed by atoms with Gasteiger partial charge in [-0.3, -0.25) is 9.20 Å². The van der Waals surface area contributed by atoms with Crippen LogP contribution >= 0.6 is 0 Å². The maximum absolute atomic E-state index is 12.3. The number of fused-ring (bicyclic) bond motifs is 1. The number of nitrogens with zero attached hydrogens (tertiary/aromatic N) is 2. The van der Waals surface area contributed by atoms with Crippen LogP contribution in [0.2, 0.25) is 0 Å². The molecule has 2 aromatic rings. The minimum Gasteiger partial charge on any atom is -0.329 e. The number of imidazole rings is 1. The first-order chi connectivity index (χ1) is 9.93. The number of H-pyrrole nitrogens is 1. The van der Waals surface area contributed by atoms with E-state index >= 15 is 0 Å². The van der Waals surface area contributed by atoms with Crippen LogP contribution in [-0.4, -0.2) is 14.4 Å². The molecule has 2 heterocycles. The van der Waals surface area contributed by atoms with Crippen LogP contribution in [0.1, 0.15) is 37.7 Å². The lowest BCUT2D eigenvalue weighted by Gasteiger charge is -1.99. The van der Waals surface area contributed by atoms with E-state index in [-0.39, 0.29) is 5.56 Å². The van der Waals surface area contributed by atoms with Crippen molar-refractivity contribution < 1.29 is 0 Å². The molecule has 110 valence electrons. The second kappa shape index (κ2) is 5.95. The van der Waals surface area contributed by atoms with Gasteiger partial charge in [0, 0.05) is 23.0 Å². The number of hydrogen-bond acceptors (Lipinski definition) is 2. The topological polar surface area (TPSA) is 50.2 Å². The third-order valence-corrected chi connectivity index (χ3v) is 3.35. The second-order valence-corrected chi connectivity index (χ2v) is 5.37. The molecule has 1 N–H and O–H groups in total. The summed E-state index contributed by atoms with van der Waals surface area (Å²) in [5.41, 5.74) is 4.51. The Hall–Kier alpha value is -2.36. The van der Waals surface area contributed by atoms with Gasteiger partial charge in [-0.2, -0.15) is 0 Å². The molecule has 0 aliphatic rings. The van der Waals surface area contributed by atoms with E-state index in [0.29, 0.717) is 11.3 Å². The zero-order valence-corrected chi connectivity index (χ0v) is 13.2. The number of hydrogen-bond donors (Lipinski definition) is 1. The van der Waals surface area contributed by atoms with Crippen molar-refractivity contribution in [2.24, 2.45) is 0 Å². The fourth-order valence-electron chi connectivity index (χ4n) is 2.03. The van der Waals surface area contributed by atoms with Crippen molar-refractivity contribution >= 4 is 11.4 Å². The monoisotopic (exact) mass is 283 g/mol. The minimum absolute atomic E-state index is 0.0259. The van der Waals surface area contributed by atoms with E-state index < -0.39 is 0 Å². The Bertz CT molecular complexity index is 812. The molecular weight excluding hydrogens is 262 g/mol. The summed E-state index contributed by atoms with van der Waals surface area (Å²) in [6.45, 7) is 9.76. The van der Waals surface area contributed by atoms with Gasteiger partial charge in [-0.15, -0.1) is 0 Å². The Morgan fingerprint density at radius 3 is 2.62 bits per heavy atom. The molecule has 21 heavy (non-hydrogen) atoms. The summed E-state index contributed by atoms with van der Waals surface area (Å²) in [6, 6.07) is 0. The van der Waals surface area contributed by atoms with Gasteiger partial charge in [0.1, 0.15) is 0 Å². The highest BCUT2D eigenvalue weighted by Crippen LogP contribution is 2.16. The Labute approximate surface area is 124 Å². The van der Waals surface area contributed by atoms with Crippen LogP contribution in [0.15, 0.2) is 40.9 Å². The van der Waals surface area contributed by atoms with Crippen molar-refractivity contribution in [1.29, 1.82) is 0 Å². The van der Waals surface area contributed by atoms with Crippen LogP contribution in [0.5, 0.6) is 0 Å². The molecular formula is C17H21N3O. The van der Waals surface area contributed by atoms with Gasteiger partial charge in [-0.25, -0.2) is 4.98 Å². The molecule has 0 atom stereocenters. The highest BCUT2D eigenvalue weighted by Gasteiger charge is 2.10. The molecule has 0 bridgehead atoms. The first-order valence-corrected chi connectivity index (χ1v) is 7.01. The van der Waals surface area contributed by atoms with E-state index in [1.54, 1.807) is 10.6 Å². The predicted octanol–water partition coefficient (Wildman–Crippen LogP) is 3.57. The molecule has 0 aliphatic carbocycles. The first kappa shape index (κ1) is 15.0. The van der Waals surface area contributed by atoms with E-state index in [0.717, 1.165) is 17.0 Å². The summed E-state index contributed by atoms with van der Waals surface area (Å²) in [5.74, 6) is 0.575. The molecule has 4 heteroatoms. The van der Waals surface area contributed by atoms with E-state index in [2.05, 4.69) is 9.97 Å². The van der Waals surface area contributed by atoms with Crippen molar-refractivity contribution in [3.05, 3.63) is 63.4 Å². The van der Waals surface area contributed by atoms with Crippen LogP contribution in [0, 0.1) is 13.8 Å². The van der Waals surface area contributed by atoms with Gasteiger partial charge >= 0.3 is 0 Å². The van der Waals surface area contributed by atoms with Crippen molar-refractivity contribution in [2.45, 2.75) is 34.6 Å². The fourth-order valence-corrected chi connectivity index (χ4v) is 2.03. The summed E-state index contributed by atoms with van der Waals surface area (Å²) in [4.78, 5) is 20.0. The van der Waals surface area contributed by atoms with Gasteiger partial charge < -0.3 is 4.98 Å². The number of allylic oxidation sites excluding steroid dienone is 6. The van der Waals surface area contributed by atoms with Gasteiger partial charge in [0.15, 0.2) is 0 Å². The summed E-state index contributed by atoms with van der Waals surface area (Å²) >= 11 is 0. The SMILES string of the molecule is C/C=C\C(=C/C=C(C)C)c1cn2c(=O)c(C)c(C)[nH]c2n1. The Kier molecular flexibility index (Phi) is 4.26. The second-order valence-electron chi connectivity index (χ2n) is 5.37. The van der Waals surface area contributed by atoms with Crippen LogP contribution in [-0.2, 0) is 0 Å². The van der Waals surface area contributed by atoms with Crippen LogP contribution in [0.3, 0.4) is 0 Å². The highest BCUT2D eigenvalue weighted by atomic mass is 16.1. The molecule has 0 spiro atoms. The molecule has 2 aromatic heterocycles. The van der Waals surface area contributed by atoms with Crippen molar-refractivity contribution in [2.75, 3.05) is 0 Å². The average Bonchev–Trinajstić information content (AvgIpc) is 2.84. The van der Waals surface area contributed by atoms with Gasteiger partial charge in [0.25, 0.3) is 5.56 Å². The molecule has 2 rings (SSSR count). The normalized spacial score (nSPS) is 12.3. The third kappa shape index (κ3) is 3.05. The first-order valence-electron chi connectivity index (χ1n) is 7.01. The van der Waals surface area contributed by atoms with Crippen LogP contribution in [0.25, 0.3) is 11.4 Å². The van der Waals surface area contributed by atoms with Crippen molar-refractivity contribution in [3.63, 3.8) is 0 Å². The number of aryl methyl sites for hydroxylation is 1.